The lowest BCUT2D eigenvalue weighted by atomic mass is 9.98. The van der Waals surface area contributed by atoms with Crippen molar-refractivity contribution < 1.29 is 5.73 Å². The zero-order chi connectivity index (χ0) is 5.98. The van der Waals surface area contributed by atoms with Crippen LogP contribution in [0.4, 0.5) is 0 Å². The maximum atomic E-state index is 3.97. The van der Waals surface area contributed by atoms with E-state index in [1.54, 1.807) is 0 Å². The van der Waals surface area contributed by atoms with Crippen LogP contribution in [0.15, 0.2) is 11.6 Å². The molecule has 0 spiro atoms. The highest BCUT2D eigenvalue weighted by Crippen LogP contribution is 2.14. The Morgan fingerprint density at radius 1 is 1.75 bits per heavy atom. The molecule has 0 amide bonds. The van der Waals surface area contributed by atoms with Gasteiger partial charge in [-0.05, 0) is 25.8 Å². The predicted octanol–water partition coefficient (Wildman–Crippen LogP) is 0.727. The number of allylic oxidation sites excluding steroid dienone is 1. The first kappa shape index (κ1) is 5.83. The van der Waals surface area contributed by atoms with Gasteiger partial charge in [0.2, 0.25) is 0 Å². The van der Waals surface area contributed by atoms with Crippen molar-refractivity contribution in [3.05, 3.63) is 11.6 Å². The van der Waals surface area contributed by atoms with Gasteiger partial charge in [-0.3, -0.25) is 0 Å². The van der Waals surface area contributed by atoms with E-state index in [1.807, 2.05) is 0 Å². The van der Waals surface area contributed by atoms with Crippen molar-refractivity contribution in [3.8, 4) is 0 Å². The van der Waals surface area contributed by atoms with Gasteiger partial charge in [-0.25, -0.2) is 0 Å². The minimum atomic E-state index is 0.601. The van der Waals surface area contributed by atoms with Gasteiger partial charge in [-0.15, -0.1) is 0 Å². The summed E-state index contributed by atoms with van der Waals surface area (Å²) in [4.78, 5) is 0. The van der Waals surface area contributed by atoms with E-state index in [0.717, 1.165) is 0 Å². The smallest absolute Gasteiger partial charge is 0.103 e. The number of rotatable bonds is 0. The molecule has 0 fully saturated rings. The molecule has 0 heterocycles. The van der Waals surface area contributed by atoms with Crippen LogP contribution in [0.1, 0.15) is 26.2 Å². The third-order valence-corrected chi connectivity index (χ3v) is 1.67. The average molecular weight is 112 g/mol. The molecule has 1 heteroatoms. The molecule has 1 nitrogen and oxygen atoms in total. The largest absolute Gasteiger partial charge is 0.352 e. The molecule has 0 aromatic heterocycles. The monoisotopic (exact) mass is 112 g/mol. The summed E-state index contributed by atoms with van der Waals surface area (Å²) >= 11 is 0. The van der Waals surface area contributed by atoms with Gasteiger partial charge >= 0.3 is 0 Å². The van der Waals surface area contributed by atoms with Crippen LogP contribution in [0.25, 0.3) is 0 Å². The molecule has 0 aromatic rings. The molecular formula is C7H14N+. The first-order valence-electron chi connectivity index (χ1n) is 3.29. The molecule has 0 radical (unpaired) electrons. The molecule has 1 atom stereocenters. The highest BCUT2D eigenvalue weighted by Gasteiger charge is 2.07. The summed E-state index contributed by atoms with van der Waals surface area (Å²) in [5.74, 6) is 0. The summed E-state index contributed by atoms with van der Waals surface area (Å²) in [6, 6.07) is 0.601. The summed E-state index contributed by atoms with van der Waals surface area (Å²) in [6.07, 6.45) is 6.21. The van der Waals surface area contributed by atoms with Crippen LogP contribution in [0.2, 0.25) is 0 Å². The fourth-order valence-electron chi connectivity index (χ4n) is 1.21. The van der Waals surface area contributed by atoms with Crippen molar-refractivity contribution in [1.29, 1.82) is 0 Å². The van der Waals surface area contributed by atoms with Crippen LogP contribution in [-0.4, -0.2) is 6.04 Å². The second-order valence-corrected chi connectivity index (χ2v) is 2.67. The molecule has 0 saturated heterocycles. The van der Waals surface area contributed by atoms with Gasteiger partial charge in [-0.2, -0.15) is 0 Å². The zero-order valence-corrected chi connectivity index (χ0v) is 5.48. The van der Waals surface area contributed by atoms with E-state index in [4.69, 9.17) is 0 Å². The SMILES string of the molecule is CC1=CC([NH3+])CCC1. The Balaban J connectivity index is 2.50. The van der Waals surface area contributed by atoms with E-state index in [2.05, 4.69) is 18.7 Å². The van der Waals surface area contributed by atoms with Crippen molar-refractivity contribution in [3.63, 3.8) is 0 Å². The van der Waals surface area contributed by atoms with E-state index in [-0.39, 0.29) is 0 Å². The van der Waals surface area contributed by atoms with E-state index < -0.39 is 0 Å². The number of quaternary nitrogens is 1. The molecule has 1 aliphatic carbocycles. The molecule has 3 N–H and O–H groups in total. The van der Waals surface area contributed by atoms with Gasteiger partial charge in [0, 0.05) is 6.42 Å². The minimum absolute atomic E-state index is 0.601. The highest BCUT2D eigenvalue weighted by atomic mass is 14.6. The number of hydrogen-bond acceptors (Lipinski definition) is 0. The second kappa shape index (κ2) is 2.31. The third kappa shape index (κ3) is 1.34. The van der Waals surface area contributed by atoms with Crippen molar-refractivity contribution >= 4 is 0 Å². The number of hydrogen-bond donors (Lipinski definition) is 1. The minimum Gasteiger partial charge on any atom is -0.352 e. The van der Waals surface area contributed by atoms with Gasteiger partial charge < -0.3 is 5.73 Å². The quantitative estimate of drug-likeness (QED) is 0.447. The van der Waals surface area contributed by atoms with Crippen molar-refractivity contribution in [1.82, 2.24) is 0 Å². The van der Waals surface area contributed by atoms with Gasteiger partial charge in [0.15, 0.2) is 0 Å². The molecule has 1 aliphatic rings. The van der Waals surface area contributed by atoms with Crippen LogP contribution in [0.5, 0.6) is 0 Å². The van der Waals surface area contributed by atoms with Gasteiger partial charge in [0.25, 0.3) is 0 Å². The maximum Gasteiger partial charge on any atom is 0.103 e. The Labute approximate surface area is 50.6 Å². The zero-order valence-electron chi connectivity index (χ0n) is 5.48. The van der Waals surface area contributed by atoms with Gasteiger partial charge in [0.05, 0.1) is 0 Å². The Hall–Kier alpha value is -0.300. The first-order chi connectivity index (χ1) is 3.79. The Bertz CT molecular complexity index is 105. The van der Waals surface area contributed by atoms with E-state index in [0.29, 0.717) is 6.04 Å². The van der Waals surface area contributed by atoms with Crippen molar-refractivity contribution in [2.24, 2.45) is 0 Å². The topological polar surface area (TPSA) is 27.6 Å². The Morgan fingerprint density at radius 3 is 2.88 bits per heavy atom. The maximum absolute atomic E-state index is 3.97. The normalized spacial score (nSPS) is 29.8. The fraction of sp³-hybridized carbons (Fsp3) is 0.714. The van der Waals surface area contributed by atoms with E-state index in [9.17, 15) is 0 Å². The molecule has 1 unspecified atom stereocenters. The Kier molecular flexibility index (Phi) is 1.69. The Morgan fingerprint density at radius 2 is 2.50 bits per heavy atom. The molecule has 0 aliphatic heterocycles. The molecular weight excluding hydrogens is 98.1 g/mol. The summed E-state index contributed by atoms with van der Waals surface area (Å²) in [6.45, 7) is 2.19. The summed E-state index contributed by atoms with van der Waals surface area (Å²) in [5, 5.41) is 0. The predicted molar refractivity (Wildman–Crippen MR) is 34.3 cm³/mol. The lowest BCUT2D eigenvalue weighted by Gasteiger charge is -2.11. The van der Waals surface area contributed by atoms with Crippen LogP contribution in [0.3, 0.4) is 0 Å². The van der Waals surface area contributed by atoms with Crippen LogP contribution < -0.4 is 5.73 Å². The van der Waals surface area contributed by atoms with Crippen LogP contribution in [0, 0.1) is 0 Å². The summed E-state index contributed by atoms with van der Waals surface area (Å²) in [5.41, 5.74) is 5.50. The lowest BCUT2D eigenvalue weighted by molar-refractivity contribution is -0.405. The average Bonchev–Trinajstić information content (AvgIpc) is 1.64. The lowest BCUT2D eigenvalue weighted by Crippen LogP contribution is -2.60. The highest BCUT2D eigenvalue weighted by molar-refractivity contribution is 5.04. The van der Waals surface area contributed by atoms with Gasteiger partial charge in [0.1, 0.15) is 6.04 Å². The van der Waals surface area contributed by atoms with E-state index >= 15 is 0 Å². The van der Waals surface area contributed by atoms with Crippen molar-refractivity contribution in [2.75, 3.05) is 0 Å². The molecule has 0 saturated carbocycles. The van der Waals surface area contributed by atoms with Crippen LogP contribution in [-0.2, 0) is 0 Å². The summed E-state index contributed by atoms with van der Waals surface area (Å²) in [7, 11) is 0. The second-order valence-electron chi connectivity index (χ2n) is 2.67. The van der Waals surface area contributed by atoms with E-state index in [1.165, 1.54) is 24.8 Å². The van der Waals surface area contributed by atoms with Crippen molar-refractivity contribution in [2.45, 2.75) is 32.2 Å². The molecule has 0 aromatic carbocycles. The third-order valence-electron chi connectivity index (χ3n) is 1.67. The molecule has 46 valence electrons. The molecule has 0 bridgehead atoms. The first-order valence-corrected chi connectivity index (χ1v) is 3.29. The fourth-order valence-corrected chi connectivity index (χ4v) is 1.21. The molecule has 1 rings (SSSR count). The standard InChI is InChI=1S/C7H13N/c1-6-3-2-4-7(8)5-6/h5,7H,2-4,8H2,1H3/p+1. The van der Waals surface area contributed by atoms with Crippen LogP contribution >= 0.6 is 0 Å². The summed E-state index contributed by atoms with van der Waals surface area (Å²) < 4.78 is 0. The molecule has 8 heavy (non-hydrogen) atoms. The van der Waals surface area contributed by atoms with Gasteiger partial charge in [-0.1, -0.05) is 5.57 Å².